The maximum absolute atomic E-state index is 6.13. The third-order valence-corrected chi connectivity index (χ3v) is 3.94. The Morgan fingerprint density at radius 3 is 2.47 bits per heavy atom. The standard InChI is InChI=1S/C11H18ClNOS/c1-7(2)10(14-4)9(13-3)11-8(12)5-6-15-11/h5-7,9-10,13H,1-4H3. The Kier molecular flexibility index (Phi) is 5.06. The molecule has 4 heteroatoms. The summed E-state index contributed by atoms with van der Waals surface area (Å²) in [4.78, 5) is 1.15. The molecule has 0 radical (unpaired) electrons. The number of methoxy groups -OCH3 is 1. The predicted octanol–water partition coefficient (Wildman–Crippen LogP) is 3.33. The van der Waals surface area contributed by atoms with E-state index in [0.717, 1.165) is 9.90 Å². The molecule has 2 nitrogen and oxygen atoms in total. The zero-order valence-corrected chi connectivity index (χ0v) is 11.2. The van der Waals surface area contributed by atoms with Crippen molar-refractivity contribution in [1.29, 1.82) is 0 Å². The zero-order valence-electron chi connectivity index (χ0n) is 9.58. The van der Waals surface area contributed by atoms with Gasteiger partial charge in [0.1, 0.15) is 0 Å². The van der Waals surface area contributed by atoms with Crippen molar-refractivity contribution in [1.82, 2.24) is 5.32 Å². The first kappa shape index (κ1) is 13.0. The molecule has 0 saturated heterocycles. The molecule has 0 aliphatic carbocycles. The highest BCUT2D eigenvalue weighted by Gasteiger charge is 2.26. The number of thiophene rings is 1. The third-order valence-electron chi connectivity index (χ3n) is 2.50. The fraction of sp³-hybridized carbons (Fsp3) is 0.636. The molecule has 0 spiro atoms. The topological polar surface area (TPSA) is 21.3 Å². The monoisotopic (exact) mass is 247 g/mol. The molecule has 0 saturated carbocycles. The zero-order chi connectivity index (χ0) is 11.4. The summed E-state index contributed by atoms with van der Waals surface area (Å²) >= 11 is 7.80. The van der Waals surface area contributed by atoms with Crippen molar-refractivity contribution in [3.63, 3.8) is 0 Å². The van der Waals surface area contributed by atoms with Gasteiger partial charge in [-0.15, -0.1) is 11.3 Å². The summed E-state index contributed by atoms with van der Waals surface area (Å²) in [5.41, 5.74) is 0. The van der Waals surface area contributed by atoms with E-state index in [0.29, 0.717) is 5.92 Å². The van der Waals surface area contributed by atoms with E-state index in [1.165, 1.54) is 0 Å². The molecular weight excluding hydrogens is 230 g/mol. The van der Waals surface area contributed by atoms with Crippen LogP contribution < -0.4 is 5.32 Å². The minimum absolute atomic E-state index is 0.145. The summed E-state index contributed by atoms with van der Waals surface area (Å²) in [7, 11) is 3.69. The summed E-state index contributed by atoms with van der Waals surface area (Å²) < 4.78 is 5.53. The van der Waals surface area contributed by atoms with Crippen LogP contribution in [0.25, 0.3) is 0 Å². The van der Waals surface area contributed by atoms with Gasteiger partial charge in [0.05, 0.1) is 17.2 Å². The number of hydrogen-bond acceptors (Lipinski definition) is 3. The molecule has 2 unspecified atom stereocenters. The lowest BCUT2D eigenvalue weighted by Crippen LogP contribution is -2.34. The number of rotatable bonds is 5. The number of ether oxygens (including phenoxy) is 1. The number of likely N-dealkylation sites (N-methyl/N-ethyl adjacent to an activating group) is 1. The van der Waals surface area contributed by atoms with Crippen LogP contribution in [0.4, 0.5) is 0 Å². The molecule has 0 aliphatic heterocycles. The summed E-state index contributed by atoms with van der Waals surface area (Å²) in [5.74, 6) is 0.450. The van der Waals surface area contributed by atoms with Gasteiger partial charge in [0, 0.05) is 12.0 Å². The Hall–Kier alpha value is -0.0900. The van der Waals surface area contributed by atoms with E-state index >= 15 is 0 Å². The van der Waals surface area contributed by atoms with Crippen LogP contribution in [0.3, 0.4) is 0 Å². The fourth-order valence-corrected chi connectivity index (χ4v) is 3.08. The van der Waals surface area contributed by atoms with Crippen molar-refractivity contribution in [2.24, 2.45) is 5.92 Å². The predicted molar refractivity (Wildman–Crippen MR) is 66.8 cm³/mol. The minimum Gasteiger partial charge on any atom is -0.379 e. The molecule has 1 rings (SSSR count). The second-order valence-corrected chi connectivity index (χ2v) is 5.20. The lowest BCUT2D eigenvalue weighted by molar-refractivity contribution is 0.0358. The van der Waals surface area contributed by atoms with Crippen molar-refractivity contribution in [3.05, 3.63) is 21.3 Å². The molecule has 0 bridgehead atoms. The fourth-order valence-electron chi connectivity index (χ4n) is 1.77. The molecule has 1 heterocycles. The van der Waals surface area contributed by atoms with E-state index in [-0.39, 0.29) is 12.1 Å². The van der Waals surface area contributed by atoms with Gasteiger partial charge >= 0.3 is 0 Å². The van der Waals surface area contributed by atoms with Crippen LogP contribution in [0.1, 0.15) is 24.8 Å². The third kappa shape index (κ3) is 2.94. The Morgan fingerprint density at radius 1 is 1.47 bits per heavy atom. The SMILES string of the molecule is CNC(c1sccc1Cl)C(OC)C(C)C. The summed E-state index contributed by atoms with van der Waals surface area (Å²) in [6, 6.07) is 2.10. The molecular formula is C11H18ClNOS. The van der Waals surface area contributed by atoms with Crippen LogP contribution in [0.15, 0.2) is 11.4 Å². The van der Waals surface area contributed by atoms with Crippen molar-refractivity contribution >= 4 is 22.9 Å². The van der Waals surface area contributed by atoms with E-state index in [1.54, 1.807) is 18.4 Å². The van der Waals surface area contributed by atoms with Gasteiger partial charge in [-0.25, -0.2) is 0 Å². The van der Waals surface area contributed by atoms with Gasteiger partial charge in [-0.2, -0.15) is 0 Å². The highest BCUT2D eigenvalue weighted by Crippen LogP contribution is 2.33. The molecule has 0 aliphatic rings. The van der Waals surface area contributed by atoms with Crippen molar-refractivity contribution in [2.75, 3.05) is 14.2 Å². The molecule has 1 aromatic heterocycles. The van der Waals surface area contributed by atoms with Crippen molar-refractivity contribution < 1.29 is 4.74 Å². The number of hydrogen-bond donors (Lipinski definition) is 1. The highest BCUT2D eigenvalue weighted by atomic mass is 35.5. The summed E-state index contributed by atoms with van der Waals surface area (Å²) in [6.45, 7) is 4.31. The van der Waals surface area contributed by atoms with Gasteiger partial charge in [-0.1, -0.05) is 25.4 Å². The van der Waals surface area contributed by atoms with Gasteiger partial charge in [0.15, 0.2) is 0 Å². The quantitative estimate of drug-likeness (QED) is 0.862. The van der Waals surface area contributed by atoms with E-state index in [4.69, 9.17) is 16.3 Å². The molecule has 15 heavy (non-hydrogen) atoms. The lowest BCUT2D eigenvalue weighted by atomic mass is 9.98. The van der Waals surface area contributed by atoms with E-state index in [1.807, 2.05) is 18.5 Å². The molecule has 1 N–H and O–H groups in total. The van der Waals surface area contributed by atoms with E-state index in [9.17, 15) is 0 Å². The van der Waals surface area contributed by atoms with Crippen LogP contribution >= 0.6 is 22.9 Å². The Labute approximate surface area is 101 Å². The Morgan fingerprint density at radius 2 is 2.13 bits per heavy atom. The lowest BCUT2D eigenvalue weighted by Gasteiger charge is -2.28. The summed E-state index contributed by atoms with van der Waals surface area (Å²) in [5, 5.41) is 6.11. The average Bonchev–Trinajstić information content (AvgIpc) is 2.60. The van der Waals surface area contributed by atoms with Gasteiger partial charge in [0.25, 0.3) is 0 Å². The van der Waals surface area contributed by atoms with Crippen LogP contribution in [-0.2, 0) is 4.74 Å². The number of nitrogens with one attached hydrogen (secondary N) is 1. The molecule has 0 fully saturated rings. The minimum atomic E-state index is 0.145. The number of halogens is 1. The normalized spacial score (nSPS) is 15.6. The largest absolute Gasteiger partial charge is 0.379 e. The highest BCUT2D eigenvalue weighted by molar-refractivity contribution is 7.10. The Balaban J connectivity index is 2.92. The molecule has 0 aromatic carbocycles. The van der Waals surface area contributed by atoms with Crippen LogP contribution in [-0.4, -0.2) is 20.3 Å². The van der Waals surface area contributed by atoms with Crippen molar-refractivity contribution in [3.8, 4) is 0 Å². The first-order valence-electron chi connectivity index (χ1n) is 5.04. The first-order chi connectivity index (χ1) is 7.11. The maximum atomic E-state index is 6.13. The van der Waals surface area contributed by atoms with Gasteiger partial charge < -0.3 is 10.1 Å². The smallest absolute Gasteiger partial charge is 0.0797 e. The van der Waals surface area contributed by atoms with Crippen LogP contribution in [0.5, 0.6) is 0 Å². The molecule has 86 valence electrons. The first-order valence-corrected chi connectivity index (χ1v) is 6.30. The summed E-state index contributed by atoms with van der Waals surface area (Å²) in [6.07, 6.45) is 0.145. The maximum Gasteiger partial charge on any atom is 0.0797 e. The molecule has 0 amide bonds. The van der Waals surface area contributed by atoms with E-state index < -0.39 is 0 Å². The Bertz CT molecular complexity index is 301. The second-order valence-electron chi connectivity index (χ2n) is 3.84. The van der Waals surface area contributed by atoms with E-state index in [2.05, 4.69) is 19.2 Å². The van der Waals surface area contributed by atoms with Gasteiger partial charge in [-0.3, -0.25) is 0 Å². The van der Waals surface area contributed by atoms with Crippen LogP contribution in [0, 0.1) is 5.92 Å². The average molecular weight is 248 g/mol. The van der Waals surface area contributed by atoms with Crippen molar-refractivity contribution in [2.45, 2.75) is 26.0 Å². The van der Waals surface area contributed by atoms with Crippen LogP contribution in [0.2, 0.25) is 5.02 Å². The van der Waals surface area contributed by atoms with Gasteiger partial charge in [0.2, 0.25) is 0 Å². The molecule has 2 atom stereocenters. The second kappa shape index (κ2) is 5.85. The van der Waals surface area contributed by atoms with Gasteiger partial charge in [-0.05, 0) is 24.4 Å². The molecule has 1 aromatic rings.